The average molecular weight is 412 g/mol. The molecule has 0 spiro atoms. The SMILES string of the molecule is C/C(=N/O)c1ccc(NC(=O)c2ccc(Br)cc2Br)cc1. The predicted molar refractivity (Wildman–Crippen MR) is 90.2 cm³/mol. The zero-order valence-electron chi connectivity index (χ0n) is 11.1. The van der Waals surface area contributed by atoms with Crippen molar-refractivity contribution in [1.82, 2.24) is 0 Å². The van der Waals surface area contributed by atoms with Crippen molar-refractivity contribution in [2.24, 2.45) is 5.16 Å². The number of rotatable bonds is 3. The second-order valence-electron chi connectivity index (χ2n) is 4.34. The molecule has 1 amide bonds. The Bertz CT molecular complexity index is 697. The molecule has 0 aromatic heterocycles. The monoisotopic (exact) mass is 410 g/mol. The molecule has 2 aromatic rings. The number of nitrogens with one attached hydrogen (secondary N) is 1. The molecule has 0 radical (unpaired) electrons. The molecular weight excluding hydrogens is 400 g/mol. The predicted octanol–water partition coefficient (Wildman–Crippen LogP) is 4.66. The van der Waals surface area contributed by atoms with Crippen LogP contribution in [0.4, 0.5) is 5.69 Å². The molecule has 2 aromatic carbocycles. The Hall–Kier alpha value is -1.66. The van der Waals surface area contributed by atoms with Gasteiger partial charge in [0.25, 0.3) is 5.91 Å². The summed E-state index contributed by atoms with van der Waals surface area (Å²) < 4.78 is 1.61. The lowest BCUT2D eigenvalue weighted by molar-refractivity contribution is 0.102. The van der Waals surface area contributed by atoms with Crippen molar-refractivity contribution < 1.29 is 10.0 Å². The summed E-state index contributed by atoms with van der Waals surface area (Å²) in [4.78, 5) is 12.2. The van der Waals surface area contributed by atoms with Crippen LogP contribution in [0.5, 0.6) is 0 Å². The maximum atomic E-state index is 12.2. The number of carbonyl (C=O) groups is 1. The van der Waals surface area contributed by atoms with Crippen molar-refractivity contribution in [3.8, 4) is 0 Å². The fourth-order valence-corrected chi connectivity index (χ4v) is 2.95. The quantitative estimate of drug-likeness (QED) is 0.438. The molecule has 4 nitrogen and oxygen atoms in total. The van der Waals surface area contributed by atoms with E-state index in [-0.39, 0.29) is 5.91 Å². The number of halogens is 2. The van der Waals surface area contributed by atoms with Crippen molar-refractivity contribution in [2.75, 3.05) is 5.32 Å². The van der Waals surface area contributed by atoms with Crippen LogP contribution in [-0.4, -0.2) is 16.8 Å². The van der Waals surface area contributed by atoms with Crippen LogP contribution in [0.15, 0.2) is 56.6 Å². The lowest BCUT2D eigenvalue weighted by Gasteiger charge is -2.08. The Balaban J connectivity index is 2.16. The van der Waals surface area contributed by atoms with Crippen LogP contribution >= 0.6 is 31.9 Å². The maximum Gasteiger partial charge on any atom is 0.256 e. The summed E-state index contributed by atoms with van der Waals surface area (Å²) in [6.07, 6.45) is 0. The Morgan fingerprint density at radius 3 is 2.38 bits per heavy atom. The van der Waals surface area contributed by atoms with Crippen molar-refractivity contribution in [1.29, 1.82) is 0 Å². The molecule has 2 rings (SSSR count). The van der Waals surface area contributed by atoms with E-state index in [0.717, 1.165) is 10.0 Å². The molecule has 21 heavy (non-hydrogen) atoms. The van der Waals surface area contributed by atoms with E-state index in [0.29, 0.717) is 21.4 Å². The topological polar surface area (TPSA) is 61.7 Å². The lowest BCUT2D eigenvalue weighted by Crippen LogP contribution is -2.12. The van der Waals surface area contributed by atoms with E-state index in [2.05, 4.69) is 42.3 Å². The van der Waals surface area contributed by atoms with Gasteiger partial charge in [-0.25, -0.2) is 0 Å². The molecule has 0 atom stereocenters. The first-order valence-corrected chi connectivity index (χ1v) is 7.65. The lowest BCUT2D eigenvalue weighted by atomic mass is 10.1. The molecule has 0 saturated heterocycles. The standard InChI is InChI=1S/C15H12Br2N2O2/c1-9(19-21)10-2-5-12(6-3-10)18-15(20)13-7-4-11(16)8-14(13)17/h2-8,21H,1H3,(H,18,20)/b19-9-. The summed E-state index contributed by atoms with van der Waals surface area (Å²) >= 11 is 6.71. The highest BCUT2D eigenvalue weighted by atomic mass is 79.9. The van der Waals surface area contributed by atoms with Gasteiger partial charge < -0.3 is 10.5 Å². The molecule has 0 aliphatic heterocycles. The third kappa shape index (κ3) is 3.92. The van der Waals surface area contributed by atoms with E-state index in [1.165, 1.54) is 0 Å². The first-order chi connectivity index (χ1) is 10.0. The van der Waals surface area contributed by atoms with Gasteiger partial charge in [-0.15, -0.1) is 0 Å². The Labute approximate surface area is 139 Å². The highest BCUT2D eigenvalue weighted by molar-refractivity contribution is 9.11. The van der Waals surface area contributed by atoms with Gasteiger partial charge in [0, 0.05) is 14.6 Å². The number of anilines is 1. The number of nitrogens with zero attached hydrogens (tertiary/aromatic N) is 1. The summed E-state index contributed by atoms with van der Waals surface area (Å²) in [5.74, 6) is -0.199. The number of carbonyl (C=O) groups excluding carboxylic acids is 1. The van der Waals surface area contributed by atoms with Crippen molar-refractivity contribution in [3.05, 3.63) is 62.5 Å². The van der Waals surface area contributed by atoms with Crippen LogP contribution < -0.4 is 5.32 Å². The van der Waals surface area contributed by atoms with Gasteiger partial charge in [0.15, 0.2) is 0 Å². The smallest absolute Gasteiger partial charge is 0.256 e. The molecule has 0 unspecified atom stereocenters. The molecule has 0 bridgehead atoms. The van der Waals surface area contributed by atoms with Gasteiger partial charge in [-0.1, -0.05) is 33.2 Å². The number of hydrogen-bond acceptors (Lipinski definition) is 3. The minimum absolute atomic E-state index is 0.199. The summed E-state index contributed by atoms with van der Waals surface area (Å²) in [6, 6.07) is 12.4. The molecule has 0 aliphatic rings. The molecule has 0 aliphatic carbocycles. The van der Waals surface area contributed by atoms with Gasteiger partial charge in [0.05, 0.1) is 11.3 Å². The summed E-state index contributed by atoms with van der Waals surface area (Å²) in [7, 11) is 0. The van der Waals surface area contributed by atoms with Gasteiger partial charge in [-0.3, -0.25) is 4.79 Å². The van der Waals surface area contributed by atoms with Gasteiger partial charge in [0.1, 0.15) is 0 Å². The van der Waals surface area contributed by atoms with Crippen molar-refractivity contribution >= 4 is 49.2 Å². The summed E-state index contributed by atoms with van der Waals surface area (Å²) in [5, 5.41) is 14.7. The van der Waals surface area contributed by atoms with Crippen LogP contribution in [0.3, 0.4) is 0 Å². The highest BCUT2D eigenvalue weighted by Crippen LogP contribution is 2.23. The van der Waals surface area contributed by atoms with E-state index in [1.807, 2.05) is 12.1 Å². The molecule has 2 N–H and O–H groups in total. The number of hydrogen-bond donors (Lipinski definition) is 2. The third-order valence-corrected chi connectivity index (χ3v) is 4.04. The highest BCUT2D eigenvalue weighted by Gasteiger charge is 2.10. The second-order valence-corrected chi connectivity index (χ2v) is 6.11. The molecule has 0 fully saturated rings. The Kier molecular flexibility index (Phi) is 5.14. The summed E-state index contributed by atoms with van der Waals surface area (Å²) in [5.41, 5.74) is 2.53. The fourth-order valence-electron chi connectivity index (χ4n) is 1.72. The fraction of sp³-hybridized carbons (Fsp3) is 0.0667. The number of benzene rings is 2. The number of amides is 1. The van der Waals surface area contributed by atoms with E-state index in [9.17, 15) is 4.79 Å². The Morgan fingerprint density at radius 2 is 1.81 bits per heavy atom. The summed E-state index contributed by atoms with van der Waals surface area (Å²) in [6.45, 7) is 1.70. The van der Waals surface area contributed by atoms with Gasteiger partial charge in [-0.05, 0) is 58.7 Å². The third-order valence-electron chi connectivity index (χ3n) is 2.89. The minimum Gasteiger partial charge on any atom is -0.411 e. The van der Waals surface area contributed by atoms with Crippen LogP contribution in [-0.2, 0) is 0 Å². The Morgan fingerprint density at radius 1 is 1.14 bits per heavy atom. The zero-order valence-corrected chi connectivity index (χ0v) is 14.3. The van der Waals surface area contributed by atoms with Crippen molar-refractivity contribution in [3.63, 3.8) is 0 Å². The van der Waals surface area contributed by atoms with E-state index in [4.69, 9.17) is 5.21 Å². The normalized spacial score (nSPS) is 11.3. The molecule has 0 heterocycles. The van der Waals surface area contributed by atoms with E-state index in [1.54, 1.807) is 37.3 Å². The number of oxime groups is 1. The molecule has 6 heteroatoms. The van der Waals surface area contributed by atoms with E-state index < -0.39 is 0 Å². The van der Waals surface area contributed by atoms with Crippen LogP contribution in [0, 0.1) is 0 Å². The van der Waals surface area contributed by atoms with Gasteiger partial charge >= 0.3 is 0 Å². The van der Waals surface area contributed by atoms with Gasteiger partial charge in [-0.2, -0.15) is 0 Å². The van der Waals surface area contributed by atoms with Crippen LogP contribution in [0.1, 0.15) is 22.8 Å². The van der Waals surface area contributed by atoms with Gasteiger partial charge in [0.2, 0.25) is 0 Å². The largest absolute Gasteiger partial charge is 0.411 e. The van der Waals surface area contributed by atoms with E-state index >= 15 is 0 Å². The molecular formula is C15H12Br2N2O2. The minimum atomic E-state index is -0.199. The van der Waals surface area contributed by atoms with Crippen LogP contribution in [0.2, 0.25) is 0 Å². The molecule has 0 saturated carbocycles. The maximum absolute atomic E-state index is 12.2. The first-order valence-electron chi connectivity index (χ1n) is 6.07. The first kappa shape index (κ1) is 15.7. The van der Waals surface area contributed by atoms with Crippen LogP contribution in [0.25, 0.3) is 0 Å². The zero-order chi connectivity index (χ0) is 15.4. The molecule has 108 valence electrons. The average Bonchev–Trinajstić information content (AvgIpc) is 2.47. The second kappa shape index (κ2) is 6.87. The van der Waals surface area contributed by atoms with Crippen molar-refractivity contribution in [2.45, 2.75) is 6.92 Å².